The van der Waals surface area contributed by atoms with Gasteiger partial charge in [-0.2, -0.15) is 0 Å². The van der Waals surface area contributed by atoms with E-state index in [4.69, 9.17) is 9.47 Å². The van der Waals surface area contributed by atoms with E-state index in [2.05, 4.69) is 4.72 Å². The van der Waals surface area contributed by atoms with Gasteiger partial charge in [0.2, 0.25) is 0 Å². The van der Waals surface area contributed by atoms with Crippen molar-refractivity contribution < 1.29 is 22.8 Å². The fourth-order valence-corrected chi connectivity index (χ4v) is 4.02. The zero-order valence-electron chi connectivity index (χ0n) is 14.3. The summed E-state index contributed by atoms with van der Waals surface area (Å²) >= 11 is 0. The van der Waals surface area contributed by atoms with Gasteiger partial charge in [0.1, 0.15) is 0 Å². The topological polar surface area (TPSA) is 108 Å². The highest BCUT2D eigenvalue weighted by molar-refractivity contribution is 7.92. The van der Waals surface area contributed by atoms with Crippen LogP contribution in [0.2, 0.25) is 0 Å². The second-order valence-corrected chi connectivity index (χ2v) is 7.61. The summed E-state index contributed by atoms with van der Waals surface area (Å²) in [5, 5.41) is 11.1. The van der Waals surface area contributed by atoms with E-state index in [1.54, 1.807) is 26.0 Å². The Morgan fingerprint density at radius 2 is 1.77 bits per heavy atom. The Bertz CT molecular complexity index is 971. The number of non-ortho nitro benzene ring substituents is 1. The zero-order chi connectivity index (χ0) is 18.9. The van der Waals surface area contributed by atoms with E-state index >= 15 is 0 Å². The van der Waals surface area contributed by atoms with Crippen LogP contribution in [0.5, 0.6) is 11.5 Å². The molecule has 0 radical (unpaired) electrons. The molecule has 1 heterocycles. The van der Waals surface area contributed by atoms with Crippen LogP contribution >= 0.6 is 0 Å². The molecule has 0 fully saturated rings. The first-order valence-corrected chi connectivity index (χ1v) is 9.44. The lowest BCUT2D eigenvalue weighted by atomic mass is 10.1. The van der Waals surface area contributed by atoms with E-state index in [1.807, 2.05) is 0 Å². The molecule has 0 unspecified atom stereocenters. The molecule has 1 aliphatic heterocycles. The molecule has 0 spiro atoms. The minimum atomic E-state index is -4.01. The van der Waals surface area contributed by atoms with Gasteiger partial charge in [-0.05, 0) is 37.1 Å². The summed E-state index contributed by atoms with van der Waals surface area (Å²) in [4.78, 5) is 10.3. The van der Waals surface area contributed by atoms with Gasteiger partial charge in [-0.25, -0.2) is 8.42 Å². The Morgan fingerprint density at radius 3 is 2.46 bits per heavy atom. The summed E-state index contributed by atoms with van der Waals surface area (Å²) in [7, 11) is -4.01. The van der Waals surface area contributed by atoms with Crippen LogP contribution in [0.4, 0.5) is 11.4 Å². The van der Waals surface area contributed by atoms with Crippen molar-refractivity contribution in [2.24, 2.45) is 0 Å². The lowest BCUT2D eigenvalue weighted by molar-refractivity contribution is -0.385. The number of anilines is 1. The molecule has 0 amide bonds. The maximum Gasteiger partial charge on any atom is 0.271 e. The molecule has 9 heteroatoms. The average Bonchev–Trinajstić information content (AvgIpc) is 2.81. The van der Waals surface area contributed by atoms with Crippen LogP contribution in [-0.2, 0) is 10.0 Å². The smallest absolute Gasteiger partial charge is 0.271 e. The standard InChI is InChI=1S/C17H18N2O6S/c1-11-8-14(19(20)21)10-17(12(11)2)26(22,23)18-13-4-5-15-16(9-13)25-7-3-6-24-15/h4-5,8-10,18H,3,6-7H2,1-2H3. The van der Waals surface area contributed by atoms with Crippen LogP contribution in [0.3, 0.4) is 0 Å². The second kappa shape index (κ2) is 6.83. The molecule has 0 aliphatic carbocycles. The molecule has 2 aromatic rings. The van der Waals surface area contributed by atoms with Gasteiger partial charge in [-0.15, -0.1) is 0 Å². The molecule has 8 nitrogen and oxygen atoms in total. The Labute approximate surface area is 150 Å². The molecule has 3 rings (SSSR count). The molecule has 0 aromatic heterocycles. The zero-order valence-corrected chi connectivity index (χ0v) is 15.1. The van der Waals surface area contributed by atoms with Crippen molar-refractivity contribution in [3.05, 3.63) is 51.6 Å². The van der Waals surface area contributed by atoms with Crippen molar-refractivity contribution >= 4 is 21.4 Å². The maximum atomic E-state index is 12.8. The highest BCUT2D eigenvalue weighted by Gasteiger charge is 2.23. The number of nitro benzene ring substituents is 1. The number of sulfonamides is 1. The Morgan fingerprint density at radius 1 is 1.08 bits per heavy atom. The Hall–Kier alpha value is -2.81. The summed E-state index contributed by atoms with van der Waals surface area (Å²) in [5.74, 6) is 1.00. The van der Waals surface area contributed by atoms with E-state index < -0.39 is 14.9 Å². The van der Waals surface area contributed by atoms with Crippen LogP contribution < -0.4 is 14.2 Å². The third kappa shape index (κ3) is 3.57. The minimum Gasteiger partial charge on any atom is -0.490 e. The summed E-state index contributed by atoms with van der Waals surface area (Å²) in [6.07, 6.45) is 0.738. The lowest BCUT2D eigenvalue weighted by Gasteiger charge is -2.14. The van der Waals surface area contributed by atoms with Crippen LogP contribution in [0.1, 0.15) is 17.5 Å². The van der Waals surface area contributed by atoms with Gasteiger partial charge in [0.15, 0.2) is 11.5 Å². The molecule has 1 N–H and O–H groups in total. The highest BCUT2D eigenvalue weighted by Crippen LogP contribution is 2.34. The van der Waals surface area contributed by atoms with Gasteiger partial charge in [0.25, 0.3) is 15.7 Å². The molecule has 0 atom stereocenters. The van der Waals surface area contributed by atoms with E-state index in [0.717, 1.165) is 12.5 Å². The molecular formula is C17H18N2O6S. The van der Waals surface area contributed by atoms with Crippen LogP contribution in [0, 0.1) is 24.0 Å². The lowest BCUT2D eigenvalue weighted by Crippen LogP contribution is -2.15. The van der Waals surface area contributed by atoms with E-state index in [0.29, 0.717) is 35.8 Å². The van der Waals surface area contributed by atoms with Crippen molar-refractivity contribution in [3.8, 4) is 11.5 Å². The number of rotatable bonds is 4. The predicted molar refractivity (Wildman–Crippen MR) is 95.4 cm³/mol. The Kier molecular flexibility index (Phi) is 4.73. The number of benzene rings is 2. The fraction of sp³-hybridized carbons (Fsp3) is 0.294. The summed E-state index contributed by atoms with van der Waals surface area (Å²) in [6, 6.07) is 7.14. The molecule has 26 heavy (non-hydrogen) atoms. The van der Waals surface area contributed by atoms with Crippen molar-refractivity contribution in [3.63, 3.8) is 0 Å². The monoisotopic (exact) mass is 378 g/mol. The van der Waals surface area contributed by atoms with E-state index in [9.17, 15) is 18.5 Å². The quantitative estimate of drug-likeness (QED) is 0.647. The highest BCUT2D eigenvalue weighted by atomic mass is 32.2. The van der Waals surface area contributed by atoms with Crippen molar-refractivity contribution in [1.82, 2.24) is 0 Å². The number of aryl methyl sites for hydroxylation is 1. The number of nitro groups is 1. The number of ether oxygens (including phenoxy) is 2. The van der Waals surface area contributed by atoms with Crippen molar-refractivity contribution in [2.75, 3.05) is 17.9 Å². The summed E-state index contributed by atoms with van der Waals surface area (Å²) in [6.45, 7) is 4.26. The summed E-state index contributed by atoms with van der Waals surface area (Å²) < 4.78 is 39.1. The number of nitrogens with one attached hydrogen (secondary N) is 1. The van der Waals surface area contributed by atoms with Gasteiger partial charge < -0.3 is 9.47 Å². The largest absolute Gasteiger partial charge is 0.490 e. The third-order valence-electron chi connectivity index (χ3n) is 4.10. The molecule has 2 aromatic carbocycles. The van der Waals surface area contributed by atoms with E-state index in [1.165, 1.54) is 12.1 Å². The SMILES string of the molecule is Cc1cc([N+](=O)[O-])cc(S(=O)(=O)Nc2ccc3c(c2)OCCCO3)c1C. The normalized spacial score (nSPS) is 13.8. The number of nitrogens with zero attached hydrogens (tertiary/aromatic N) is 1. The maximum absolute atomic E-state index is 12.8. The second-order valence-electron chi connectivity index (χ2n) is 5.96. The van der Waals surface area contributed by atoms with Gasteiger partial charge in [0, 0.05) is 24.6 Å². The molecule has 0 saturated heterocycles. The van der Waals surface area contributed by atoms with Gasteiger partial charge in [-0.3, -0.25) is 14.8 Å². The first-order valence-electron chi connectivity index (χ1n) is 7.96. The van der Waals surface area contributed by atoms with E-state index in [-0.39, 0.29) is 16.3 Å². The van der Waals surface area contributed by atoms with Crippen molar-refractivity contribution in [1.29, 1.82) is 0 Å². The van der Waals surface area contributed by atoms with Gasteiger partial charge >= 0.3 is 0 Å². The minimum absolute atomic E-state index is 0.128. The van der Waals surface area contributed by atoms with Crippen LogP contribution in [-0.4, -0.2) is 26.6 Å². The first kappa shape index (κ1) is 18.0. The molecule has 0 saturated carbocycles. The van der Waals surface area contributed by atoms with Gasteiger partial charge in [0.05, 0.1) is 28.7 Å². The van der Waals surface area contributed by atoms with Crippen LogP contribution in [0.25, 0.3) is 0 Å². The van der Waals surface area contributed by atoms with Gasteiger partial charge in [-0.1, -0.05) is 0 Å². The number of hydrogen-bond acceptors (Lipinski definition) is 6. The fourth-order valence-electron chi connectivity index (χ4n) is 2.63. The third-order valence-corrected chi connectivity index (χ3v) is 5.61. The predicted octanol–water partition coefficient (Wildman–Crippen LogP) is 3.17. The molecule has 1 aliphatic rings. The number of fused-ring (bicyclic) bond motifs is 1. The summed E-state index contributed by atoms with van der Waals surface area (Å²) in [5.41, 5.74) is 1.00. The first-order chi connectivity index (χ1) is 12.3. The van der Waals surface area contributed by atoms with Crippen molar-refractivity contribution in [2.45, 2.75) is 25.2 Å². The molecular weight excluding hydrogens is 360 g/mol. The number of hydrogen-bond donors (Lipinski definition) is 1. The molecule has 0 bridgehead atoms. The van der Waals surface area contributed by atoms with Crippen LogP contribution in [0.15, 0.2) is 35.2 Å². The molecule has 138 valence electrons. The average molecular weight is 378 g/mol. The Balaban J connectivity index is 1.97.